The van der Waals surface area contributed by atoms with Gasteiger partial charge in [0.2, 0.25) is 0 Å². The van der Waals surface area contributed by atoms with E-state index in [1.165, 1.54) is 0 Å². The van der Waals surface area contributed by atoms with Gasteiger partial charge in [0.1, 0.15) is 17.8 Å². The van der Waals surface area contributed by atoms with Crippen LogP contribution in [-0.4, -0.2) is 38.8 Å². The van der Waals surface area contributed by atoms with Gasteiger partial charge in [-0.2, -0.15) is 10.4 Å². The third-order valence-electron chi connectivity index (χ3n) is 5.57. The first kappa shape index (κ1) is 21.2. The minimum absolute atomic E-state index is 0.454. The molecule has 6 heteroatoms. The van der Waals surface area contributed by atoms with E-state index in [0.29, 0.717) is 35.5 Å². The average Bonchev–Trinajstić information content (AvgIpc) is 2.84. The predicted molar refractivity (Wildman–Crippen MR) is 120 cm³/mol. The van der Waals surface area contributed by atoms with E-state index in [-0.39, 0.29) is 0 Å². The number of carboxylic acid groups (broad SMARTS) is 1. The number of nitriles is 1. The highest BCUT2D eigenvalue weighted by molar-refractivity contribution is 5.74. The van der Waals surface area contributed by atoms with Crippen molar-refractivity contribution in [2.75, 3.05) is 6.54 Å². The van der Waals surface area contributed by atoms with E-state index in [2.05, 4.69) is 28.1 Å². The number of hydrogen-bond donors (Lipinski definition) is 1. The van der Waals surface area contributed by atoms with Crippen LogP contribution in [0.5, 0.6) is 0 Å². The van der Waals surface area contributed by atoms with Gasteiger partial charge in [-0.05, 0) is 49.1 Å². The molecule has 158 valence electrons. The lowest BCUT2D eigenvalue weighted by atomic mass is 9.96. The second kappa shape index (κ2) is 9.87. The van der Waals surface area contributed by atoms with E-state index in [1.807, 2.05) is 59.5 Å². The molecule has 1 aliphatic heterocycles. The second-order valence-electron chi connectivity index (χ2n) is 7.69. The molecule has 3 aromatic rings. The van der Waals surface area contributed by atoms with Crippen LogP contribution in [0.3, 0.4) is 0 Å². The Morgan fingerprint density at radius 2 is 1.88 bits per heavy atom. The first-order valence-corrected chi connectivity index (χ1v) is 10.6. The SMILES string of the molecule is N#Cc1c(C#Cc2ccc(CN3CCCCC3C(=O)O)nn2)cccc1-c1ccccc1. The van der Waals surface area contributed by atoms with Crippen LogP contribution in [0.1, 0.15) is 41.8 Å². The highest BCUT2D eigenvalue weighted by Gasteiger charge is 2.28. The van der Waals surface area contributed by atoms with Gasteiger partial charge in [0.15, 0.2) is 0 Å². The number of likely N-dealkylation sites (tertiary alicyclic amines) is 1. The molecule has 2 heterocycles. The predicted octanol–water partition coefficient (Wildman–Crippen LogP) is 3.85. The topological polar surface area (TPSA) is 90.1 Å². The number of nitrogens with zero attached hydrogens (tertiary/aromatic N) is 4. The lowest BCUT2D eigenvalue weighted by Gasteiger charge is -2.32. The molecule has 1 atom stereocenters. The molecule has 32 heavy (non-hydrogen) atoms. The van der Waals surface area contributed by atoms with E-state index in [1.54, 1.807) is 6.07 Å². The van der Waals surface area contributed by atoms with E-state index in [9.17, 15) is 15.2 Å². The van der Waals surface area contributed by atoms with Crippen molar-refractivity contribution in [3.05, 3.63) is 83.2 Å². The summed E-state index contributed by atoms with van der Waals surface area (Å²) in [5.74, 6) is 5.25. The molecule has 6 nitrogen and oxygen atoms in total. The molecular weight excluding hydrogens is 400 g/mol. The highest BCUT2D eigenvalue weighted by Crippen LogP contribution is 2.25. The fraction of sp³-hybridized carbons (Fsp3) is 0.231. The summed E-state index contributed by atoms with van der Waals surface area (Å²) in [6, 6.07) is 20.8. The van der Waals surface area contributed by atoms with E-state index in [4.69, 9.17) is 0 Å². The number of carbonyl (C=O) groups is 1. The molecule has 0 aliphatic carbocycles. The minimum Gasteiger partial charge on any atom is -0.480 e. The Balaban J connectivity index is 1.53. The number of hydrogen-bond acceptors (Lipinski definition) is 5. The molecule has 0 spiro atoms. The molecule has 1 fully saturated rings. The normalized spacial score (nSPS) is 15.9. The molecule has 0 saturated carbocycles. The fourth-order valence-corrected chi connectivity index (χ4v) is 3.95. The van der Waals surface area contributed by atoms with Gasteiger partial charge < -0.3 is 5.11 Å². The van der Waals surface area contributed by atoms with E-state index in [0.717, 1.165) is 30.5 Å². The van der Waals surface area contributed by atoms with Crippen molar-refractivity contribution in [1.29, 1.82) is 5.26 Å². The number of piperidine rings is 1. The monoisotopic (exact) mass is 422 g/mol. The third kappa shape index (κ3) is 4.83. The van der Waals surface area contributed by atoms with Crippen molar-refractivity contribution in [2.24, 2.45) is 0 Å². The van der Waals surface area contributed by atoms with Gasteiger partial charge >= 0.3 is 5.97 Å². The molecule has 4 rings (SSSR count). The minimum atomic E-state index is -0.786. The zero-order valence-corrected chi connectivity index (χ0v) is 17.5. The van der Waals surface area contributed by atoms with Gasteiger partial charge in [-0.1, -0.05) is 54.8 Å². The average molecular weight is 422 g/mol. The second-order valence-corrected chi connectivity index (χ2v) is 7.69. The molecule has 1 aromatic heterocycles. The van der Waals surface area contributed by atoms with Gasteiger partial charge in [0.05, 0.1) is 11.3 Å². The zero-order chi connectivity index (χ0) is 22.3. The quantitative estimate of drug-likeness (QED) is 0.642. The van der Waals surface area contributed by atoms with Gasteiger partial charge in [-0.3, -0.25) is 9.69 Å². The summed E-state index contributed by atoms with van der Waals surface area (Å²) >= 11 is 0. The molecule has 1 aliphatic rings. The number of rotatable bonds is 4. The molecule has 1 unspecified atom stereocenters. The number of benzene rings is 2. The Labute approximate surface area is 187 Å². The van der Waals surface area contributed by atoms with Crippen LogP contribution in [0.25, 0.3) is 11.1 Å². The molecule has 0 radical (unpaired) electrons. The Bertz CT molecular complexity index is 1200. The maximum Gasteiger partial charge on any atom is 0.320 e. The van der Waals surface area contributed by atoms with Crippen LogP contribution in [0.15, 0.2) is 60.7 Å². The Kier molecular flexibility index (Phi) is 6.55. The Hall–Kier alpha value is -4.00. The number of aromatic nitrogens is 2. The summed E-state index contributed by atoms with van der Waals surface area (Å²) in [5.41, 5.74) is 4.19. The lowest BCUT2D eigenvalue weighted by molar-refractivity contribution is -0.144. The number of carboxylic acids is 1. The first-order valence-electron chi connectivity index (χ1n) is 10.6. The van der Waals surface area contributed by atoms with Crippen LogP contribution >= 0.6 is 0 Å². The lowest BCUT2D eigenvalue weighted by Crippen LogP contribution is -2.44. The molecule has 1 saturated heterocycles. The van der Waals surface area contributed by atoms with E-state index < -0.39 is 12.0 Å². The van der Waals surface area contributed by atoms with Crippen molar-refractivity contribution >= 4 is 5.97 Å². The summed E-state index contributed by atoms with van der Waals surface area (Å²) in [7, 11) is 0. The summed E-state index contributed by atoms with van der Waals surface area (Å²) in [6.07, 6.45) is 2.59. The van der Waals surface area contributed by atoms with Crippen molar-refractivity contribution in [3.63, 3.8) is 0 Å². The smallest absolute Gasteiger partial charge is 0.320 e. The van der Waals surface area contributed by atoms with Gasteiger partial charge in [0, 0.05) is 17.7 Å². The number of aliphatic carboxylic acids is 1. The maximum atomic E-state index is 11.5. The van der Waals surface area contributed by atoms with Crippen LogP contribution in [0, 0.1) is 23.2 Å². The molecule has 1 N–H and O–H groups in total. The third-order valence-corrected chi connectivity index (χ3v) is 5.57. The maximum absolute atomic E-state index is 11.5. The highest BCUT2D eigenvalue weighted by atomic mass is 16.4. The van der Waals surface area contributed by atoms with Gasteiger partial charge in [0.25, 0.3) is 0 Å². The Morgan fingerprint density at radius 3 is 2.59 bits per heavy atom. The van der Waals surface area contributed by atoms with Crippen molar-refractivity contribution in [3.8, 4) is 29.0 Å². The summed E-state index contributed by atoms with van der Waals surface area (Å²) in [4.78, 5) is 13.4. The molecular formula is C26H22N4O2. The van der Waals surface area contributed by atoms with Crippen LogP contribution in [-0.2, 0) is 11.3 Å². The molecule has 0 amide bonds. The molecule has 0 bridgehead atoms. The Morgan fingerprint density at radius 1 is 1.03 bits per heavy atom. The van der Waals surface area contributed by atoms with Gasteiger partial charge in [-0.25, -0.2) is 0 Å². The van der Waals surface area contributed by atoms with Crippen LogP contribution in [0.2, 0.25) is 0 Å². The zero-order valence-electron chi connectivity index (χ0n) is 17.5. The fourth-order valence-electron chi connectivity index (χ4n) is 3.95. The summed E-state index contributed by atoms with van der Waals surface area (Å²) in [5, 5.41) is 27.6. The van der Waals surface area contributed by atoms with Crippen LogP contribution < -0.4 is 0 Å². The van der Waals surface area contributed by atoms with Gasteiger partial charge in [-0.15, -0.1) is 5.10 Å². The molecule has 2 aromatic carbocycles. The van der Waals surface area contributed by atoms with E-state index >= 15 is 0 Å². The van der Waals surface area contributed by atoms with Crippen LogP contribution in [0.4, 0.5) is 0 Å². The van der Waals surface area contributed by atoms with Crippen molar-refractivity contribution in [1.82, 2.24) is 15.1 Å². The summed E-state index contributed by atoms with van der Waals surface area (Å²) < 4.78 is 0. The van der Waals surface area contributed by atoms with Crippen molar-refractivity contribution < 1.29 is 9.90 Å². The largest absolute Gasteiger partial charge is 0.480 e. The first-order chi connectivity index (χ1) is 15.7. The van der Waals surface area contributed by atoms with Crippen molar-refractivity contribution in [2.45, 2.75) is 31.8 Å². The summed E-state index contributed by atoms with van der Waals surface area (Å²) in [6.45, 7) is 1.20. The standard InChI is InChI=1S/C26H22N4O2/c27-17-24-20(9-6-10-23(24)19-7-2-1-3-8-19)12-13-21-14-15-22(29-28-21)18-30-16-5-4-11-25(30)26(31)32/h1-3,6-10,14-15,25H,4-5,11,16,18H2,(H,31,32).